The molecule has 120 valence electrons. The number of nitrogens with one attached hydrogen (secondary N) is 1. The van der Waals surface area contributed by atoms with Crippen LogP contribution in [-0.4, -0.2) is 41.2 Å². The van der Waals surface area contributed by atoms with E-state index in [1.165, 1.54) is 0 Å². The Kier molecular flexibility index (Phi) is 7.11. The molecular weight excluding hydrogens is 286 g/mol. The van der Waals surface area contributed by atoms with E-state index in [1.807, 2.05) is 33.1 Å². The molecule has 0 fully saturated rings. The first-order valence-corrected chi connectivity index (χ1v) is 8.29. The summed E-state index contributed by atoms with van der Waals surface area (Å²) in [5.41, 5.74) is 0.604. The number of ether oxygens (including phenoxy) is 1. The highest BCUT2D eigenvalue weighted by atomic mass is 32.1. The Morgan fingerprint density at radius 1 is 1.43 bits per heavy atom. The average Bonchev–Trinajstić information content (AvgIpc) is 2.77. The molecule has 1 aromatic heterocycles. The molecule has 1 amide bonds. The van der Waals surface area contributed by atoms with Gasteiger partial charge in [0.2, 0.25) is 0 Å². The Morgan fingerprint density at radius 2 is 2.14 bits per heavy atom. The molecule has 0 atom stereocenters. The number of carbonyl (C=O) groups excluding carboxylic acids is 1. The summed E-state index contributed by atoms with van der Waals surface area (Å²) in [7, 11) is 0. The van der Waals surface area contributed by atoms with E-state index < -0.39 is 5.60 Å². The summed E-state index contributed by atoms with van der Waals surface area (Å²) >= 11 is 1.65. The van der Waals surface area contributed by atoms with Gasteiger partial charge in [0.15, 0.2) is 0 Å². The minimum absolute atomic E-state index is 0.240. The molecule has 1 N–H and O–H groups in total. The van der Waals surface area contributed by atoms with Gasteiger partial charge in [-0.3, -0.25) is 0 Å². The van der Waals surface area contributed by atoms with E-state index in [4.69, 9.17) is 4.74 Å². The van der Waals surface area contributed by atoms with Gasteiger partial charge in [-0.05, 0) is 34.1 Å². The van der Waals surface area contributed by atoms with Crippen LogP contribution in [0.4, 0.5) is 4.79 Å². The summed E-state index contributed by atoms with van der Waals surface area (Å²) in [6.45, 7) is 12.5. The van der Waals surface area contributed by atoms with Gasteiger partial charge in [0.25, 0.3) is 0 Å². The van der Waals surface area contributed by atoms with Gasteiger partial charge in [0.1, 0.15) is 10.6 Å². The zero-order valence-electron chi connectivity index (χ0n) is 13.7. The first-order valence-electron chi connectivity index (χ1n) is 7.41. The molecule has 0 saturated heterocycles. The molecule has 0 radical (unpaired) electrons. The summed E-state index contributed by atoms with van der Waals surface area (Å²) < 4.78 is 5.42. The number of nitrogens with zero attached hydrogens (tertiary/aromatic N) is 2. The molecule has 6 heteroatoms. The quantitative estimate of drug-likeness (QED) is 0.786. The maximum Gasteiger partial charge on any atom is 0.410 e. The van der Waals surface area contributed by atoms with E-state index in [1.54, 1.807) is 16.2 Å². The Hall–Kier alpha value is -1.14. The predicted octanol–water partition coefficient (Wildman–Crippen LogP) is 3.19. The lowest BCUT2D eigenvalue weighted by molar-refractivity contribution is 0.0252. The van der Waals surface area contributed by atoms with Gasteiger partial charge in [0, 0.05) is 37.3 Å². The zero-order chi connectivity index (χ0) is 15.9. The zero-order valence-corrected chi connectivity index (χ0v) is 14.5. The van der Waals surface area contributed by atoms with Gasteiger partial charge in [-0.15, -0.1) is 11.3 Å². The van der Waals surface area contributed by atoms with Crippen molar-refractivity contribution in [2.75, 3.05) is 19.6 Å². The number of aryl methyl sites for hydroxylation is 1. The first kappa shape index (κ1) is 17.9. The fraction of sp³-hybridized carbons (Fsp3) is 0.733. The second-order valence-corrected chi connectivity index (χ2v) is 6.97. The molecule has 0 aromatic carbocycles. The lowest BCUT2D eigenvalue weighted by Crippen LogP contribution is -2.40. The third-order valence-corrected chi connectivity index (χ3v) is 3.61. The Bertz CT molecular complexity index is 440. The number of rotatable bonds is 7. The molecule has 5 nitrogen and oxygen atoms in total. The van der Waals surface area contributed by atoms with Crippen molar-refractivity contribution in [2.45, 2.75) is 53.2 Å². The van der Waals surface area contributed by atoms with E-state index in [9.17, 15) is 4.79 Å². The van der Waals surface area contributed by atoms with Crippen LogP contribution in [0.3, 0.4) is 0 Å². The van der Waals surface area contributed by atoms with E-state index in [0.29, 0.717) is 13.1 Å². The smallest absolute Gasteiger partial charge is 0.410 e. The molecular formula is C15H27N3O2S. The monoisotopic (exact) mass is 313 g/mol. The van der Waals surface area contributed by atoms with Crippen molar-refractivity contribution < 1.29 is 9.53 Å². The molecule has 0 spiro atoms. The molecule has 1 aromatic rings. The summed E-state index contributed by atoms with van der Waals surface area (Å²) in [6, 6.07) is 0. The van der Waals surface area contributed by atoms with Gasteiger partial charge in [0.05, 0.1) is 0 Å². The van der Waals surface area contributed by atoms with Crippen LogP contribution in [-0.2, 0) is 11.3 Å². The van der Waals surface area contributed by atoms with Crippen molar-refractivity contribution in [2.24, 2.45) is 0 Å². The maximum absolute atomic E-state index is 12.1. The predicted molar refractivity (Wildman–Crippen MR) is 86.7 cm³/mol. The fourth-order valence-corrected chi connectivity index (χ4v) is 2.53. The molecule has 0 aliphatic heterocycles. The van der Waals surface area contributed by atoms with Gasteiger partial charge in [-0.25, -0.2) is 9.78 Å². The summed E-state index contributed by atoms with van der Waals surface area (Å²) in [5, 5.41) is 6.44. The van der Waals surface area contributed by atoms with Gasteiger partial charge in [-0.1, -0.05) is 6.92 Å². The number of thiazole rings is 1. The summed E-state index contributed by atoms with van der Waals surface area (Å²) in [4.78, 5) is 18.2. The summed E-state index contributed by atoms with van der Waals surface area (Å²) in [5.74, 6) is 0. The summed E-state index contributed by atoms with van der Waals surface area (Å²) in [6.07, 6.45) is 0.682. The second-order valence-electron chi connectivity index (χ2n) is 6.03. The van der Waals surface area contributed by atoms with Crippen LogP contribution < -0.4 is 5.32 Å². The van der Waals surface area contributed by atoms with Crippen LogP contribution in [0.2, 0.25) is 0 Å². The third-order valence-electron chi connectivity index (χ3n) is 2.65. The molecule has 0 aliphatic carbocycles. The van der Waals surface area contributed by atoms with Crippen molar-refractivity contribution in [1.82, 2.24) is 15.2 Å². The highest BCUT2D eigenvalue weighted by molar-refractivity contribution is 7.09. The average molecular weight is 313 g/mol. The Morgan fingerprint density at radius 3 is 2.67 bits per heavy atom. The van der Waals surface area contributed by atoms with Crippen LogP contribution in [0.5, 0.6) is 0 Å². The Balaban J connectivity index is 2.35. The van der Waals surface area contributed by atoms with Crippen molar-refractivity contribution in [1.29, 1.82) is 0 Å². The Labute approximate surface area is 131 Å². The first-order chi connectivity index (χ1) is 9.81. The number of hydrogen-bond acceptors (Lipinski definition) is 5. The molecule has 1 heterocycles. The number of amides is 1. The van der Waals surface area contributed by atoms with Crippen LogP contribution in [0, 0.1) is 6.92 Å². The fourth-order valence-electron chi connectivity index (χ4n) is 1.78. The van der Waals surface area contributed by atoms with E-state index in [2.05, 4.69) is 17.2 Å². The van der Waals surface area contributed by atoms with Crippen LogP contribution >= 0.6 is 11.3 Å². The van der Waals surface area contributed by atoms with Gasteiger partial charge < -0.3 is 15.0 Å². The lowest BCUT2D eigenvalue weighted by Gasteiger charge is -2.27. The molecule has 1 rings (SSSR count). The SMILES string of the molecule is CCCN(CCNCc1nc(C)cs1)C(=O)OC(C)(C)C. The standard InChI is InChI=1S/C15H27N3O2S/c1-6-8-18(14(19)20-15(3,4)5)9-7-16-10-13-17-12(2)11-21-13/h11,16H,6-10H2,1-5H3. The second kappa shape index (κ2) is 8.34. The topological polar surface area (TPSA) is 54.5 Å². The molecule has 21 heavy (non-hydrogen) atoms. The number of hydrogen-bond donors (Lipinski definition) is 1. The lowest BCUT2D eigenvalue weighted by atomic mass is 10.2. The molecule has 0 unspecified atom stereocenters. The van der Waals surface area contributed by atoms with Crippen molar-refractivity contribution >= 4 is 17.4 Å². The van der Waals surface area contributed by atoms with Gasteiger partial charge >= 0.3 is 6.09 Å². The van der Waals surface area contributed by atoms with Crippen molar-refractivity contribution in [3.05, 3.63) is 16.1 Å². The number of aromatic nitrogens is 1. The largest absolute Gasteiger partial charge is 0.444 e. The van der Waals surface area contributed by atoms with E-state index in [0.717, 1.165) is 30.2 Å². The minimum Gasteiger partial charge on any atom is -0.444 e. The van der Waals surface area contributed by atoms with Crippen molar-refractivity contribution in [3.8, 4) is 0 Å². The minimum atomic E-state index is -0.449. The normalized spacial score (nSPS) is 11.5. The maximum atomic E-state index is 12.1. The highest BCUT2D eigenvalue weighted by Gasteiger charge is 2.21. The molecule has 0 bridgehead atoms. The van der Waals surface area contributed by atoms with E-state index in [-0.39, 0.29) is 6.09 Å². The van der Waals surface area contributed by atoms with E-state index >= 15 is 0 Å². The van der Waals surface area contributed by atoms with Crippen LogP contribution in [0.25, 0.3) is 0 Å². The van der Waals surface area contributed by atoms with Crippen molar-refractivity contribution in [3.63, 3.8) is 0 Å². The van der Waals surface area contributed by atoms with Crippen LogP contribution in [0.15, 0.2) is 5.38 Å². The molecule has 0 saturated carbocycles. The number of carbonyl (C=O) groups is 1. The third kappa shape index (κ3) is 7.43. The molecule has 0 aliphatic rings. The highest BCUT2D eigenvalue weighted by Crippen LogP contribution is 2.10. The van der Waals surface area contributed by atoms with Gasteiger partial charge in [-0.2, -0.15) is 0 Å². The van der Waals surface area contributed by atoms with Crippen LogP contribution in [0.1, 0.15) is 44.8 Å².